The van der Waals surface area contributed by atoms with Crippen LogP contribution in [0.15, 0.2) is 42.7 Å². The maximum Gasteiger partial charge on any atom is 0.269 e. The van der Waals surface area contributed by atoms with Crippen LogP contribution < -0.4 is 0 Å². The largest absolute Gasteiger partial charge is 0.349 e. The number of rotatable bonds is 4. The number of aromatic nitrogens is 1. The summed E-state index contributed by atoms with van der Waals surface area (Å²) in [5, 5.41) is 10.6. The number of aldehydes is 1. The molecule has 0 radical (unpaired) electrons. The molecule has 2 rings (SSSR count). The summed E-state index contributed by atoms with van der Waals surface area (Å²) in [4.78, 5) is 20.7. The van der Waals surface area contributed by atoms with Crippen molar-refractivity contribution in [3.05, 3.63) is 64.0 Å². The zero-order valence-corrected chi connectivity index (χ0v) is 8.95. The van der Waals surface area contributed by atoms with Gasteiger partial charge in [0.05, 0.1) is 4.92 Å². The number of hydrogen-bond acceptors (Lipinski definition) is 3. The molecule has 1 heterocycles. The Morgan fingerprint density at radius 2 is 2.18 bits per heavy atom. The van der Waals surface area contributed by atoms with Gasteiger partial charge in [0, 0.05) is 36.6 Å². The first-order valence-electron chi connectivity index (χ1n) is 5.03. The third-order valence-electron chi connectivity index (χ3n) is 2.40. The van der Waals surface area contributed by atoms with Crippen molar-refractivity contribution in [3.8, 4) is 0 Å². The van der Waals surface area contributed by atoms with Crippen molar-refractivity contribution >= 4 is 12.0 Å². The Labute approximate surface area is 97.5 Å². The average Bonchev–Trinajstić information content (AvgIpc) is 2.77. The number of hydrogen-bond donors (Lipinski definition) is 0. The Balaban J connectivity index is 2.20. The molecule has 0 bridgehead atoms. The van der Waals surface area contributed by atoms with Crippen LogP contribution in [0.5, 0.6) is 0 Å². The quantitative estimate of drug-likeness (QED) is 0.459. The van der Waals surface area contributed by atoms with Crippen molar-refractivity contribution in [2.24, 2.45) is 0 Å². The third kappa shape index (κ3) is 2.57. The Hall–Kier alpha value is -2.43. The molecule has 5 nitrogen and oxygen atoms in total. The predicted molar refractivity (Wildman–Crippen MR) is 62.0 cm³/mol. The maximum atomic E-state index is 10.6. The molecule has 2 aromatic rings. The maximum absolute atomic E-state index is 10.6. The van der Waals surface area contributed by atoms with Crippen LogP contribution in [-0.4, -0.2) is 15.8 Å². The van der Waals surface area contributed by atoms with Gasteiger partial charge in [-0.3, -0.25) is 14.9 Å². The van der Waals surface area contributed by atoms with Gasteiger partial charge in [0.25, 0.3) is 5.69 Å². The van der Waals surface area contributed by atoms with E-state index >= 15 is 0 Å². The van der Waals surface area contributed by atoms with E-state index in [-0.39, 0.29) is 5.69 Å². The molecule has 0 fully saturated rings. The van der Waals surface area contributed by atoms with Crippen molar-refractivity contribution in [1.29, 1.82) is 0 Å². The van der Waals surface area contributed by atoms with Gasteiger partial charge in [-0.1, -0.05) is 12.1 Å². The Morgan fingerprint density at radius 1 is 1.35 bits per heavy atom. The van der Waals surface area contributed by atoms with Crippen LogP contribution in [0.1, 0.15) is 15.9 Å². The minimum absolute atomic E-state index is 0.0743. The standard InChI is InChI=1S/C12H10N2O3/c15-9-11-4-5-13(8-11)7-10-2-1-3-12(6-10)14(16)17/h1-6,8-9H,7H2. The van der Waals surface area contributed by atoms with E-state index in [1.807, 2.05) is 10.6 Å². The molecule has 0 unspecified atom stereocenters. The number of non-ortho nitro benzene ring substituents is 1. The Kier molecular flexibility index (Phi) is 3.00. The summed E-state index contributed by atoms with van der Waals surface area (Å²) in [6, 6.07) is 8.14. The van der Waals surface area contributed by atoms with Gasteiger partial charge in [-0.2, -0.15) is 0 Å². The van der Waals surface area contributed by atoms with Crippen LogP contribution in [0.25, 0.3) is 0 Å². The van der Waals surface area contributed by atoms with Crippen LogP contribution in [0.2, 0.25) is 0 Å². The molecular formula is C12H10N2O3. The average molecular weight is 230 g/mol. The van der Waals surface area contributed by atoms with Crippen LogP contribution >= 0.6 is 0 Å². The number of benzene rings is 1. The lowest BCUT2D eigenvalue weighted by molar-refractivity contribution is -0.384. The van der Waals surface area contributed by atoms with Gasteiger partial charge in [-0.05, 0) is 11.6 Å². The lowest BCUT2D eigenvalue weighted by Crippen LogP contribution is -1.97. The van der Waals surface area contributed by atoms with Crippen molar-refractivity contribution < 1.29 is 9.72 Å². The smallest absolute Gasteiger partial charge is 0.269 e. The highest BCUT2D eigenvalue weighted by Gasteiger charge is 2.05. The summed E-state index contributed by atoms with van der Waals surface area (Å²) >= 11 is 0. The fraction of sp³-hybridized carbons (Fsp3) is 0.0833. The highest BCUT2D eigenvalue weighted by molar-refractivity contribution is 5.74. The zero-order valence-electron chi connectivity index (χ0n) is 8.95. The predicted octanol–water partition coefficient (Wildman–Crippen LogP) is 2.26. The van der Waals surface area contributed by atoms with E-state index in [0.717, 1.165) is 11.8 Å². The molecule has 1 aromatic carbocycles. The molecule has 1 aromatic heterocycles. The second-order valence-electron chi connectivity index (χ2n) is 3.66. The molecule has 0 saturated carbocycles. The van der Waals surface area contributed by atoms with Crippen LogP contribution in [0, 0.1) is 10.1 Å². The van der Waals surface area contributed by atoms with Crippen molar-refractivity contribution in [1.82, 2.24) is 4.57 Å². The molecule has 0 saturated heterocycles. The first kappa shape index (κ1) is 11.1. The van der Waals surface area contributed by atoms with E-state index in [1.165, 1.54) is 12.1 Å². The number of nitro benzene ring substituents is 1. The van der Waals surface area contributed by atoms with Crippen molar-refractivity contribution in [2.75, 3.05) is 0 Å². The minimum atomic E-state index is -0.421. The van der Waals surface area contributed by atoms with Crippen LogP contribution in [0.4, 0.5) is 5.69 Å². The van der Waals surface area contributed by atoms with E-state index in [9.17, 15) is 14.9 Å². The summed E-state index contributed by atoms with van der Waals surface area (Å²) in [7, 11) is 0. The first-order valence-corrected chi connectivity index (χ1v) is 5.03. The Bertz CT molecular complexity index is 560. The number of nitro groups is 1. The SMILES string of the molecule is O=Cc1ccn(Cc2cccc([N+](=O)[O-])c2)c1. The molecule has 0 aliphatic heterocycles. The molecule has 86 valence electrons. The molecule has 17 heavy (non-hydrogen) atoms. The van der Waals surface area contributed by atoms with Gasteiger partial charge in [-0.25, -0.2) is 0 Å². The van der Waals surface area contributed by atoms with E-state index in [1.54, 1.807) is 24.5 Å². The molecule has 0 aliphatic carbocycles. The number of carbonyl (C=O) groups is 1. The third-order valence-corrected chi connectivity index (χ3v) is 2.40. The molecular weight excluding hydrogens is 220 g/mol. The van der Waals surface area contributed by atoms with Crippen molar-refractivity contribution in [3.63, 3.8) is 0 Å². The van der Waals surface area contributed by atoms with Gasteiger partial charge in [0.15, 0.2) is 6.29 Å². The lowest BCUT2D eigenvalue weighted by Gasteiger charge is -2.02. The minimum Gasteiger partial charge on any atom is -0.349 e. The van der Waals surface area contributed by atoms with E-state index in [2.05, 4.69) is 0 Å². The lowest BCUT2D eigenvalue weighted by atomic mass is 10.2. The normalized spacial score (nSPS) is 10.1. The summed E-state index contributed by atoms with van der Waals surface area (Å²) in [5.41, 5.74) is 1.49. The molecule has 0 spiro atoms. The van der Waals surface area contributed by atoms with Gasteiger partial charge in [-0.15, -0.1) is 0 Å². The van der Waals surface area contributed by atoms with Crippen molar-refractivity contribution in [2.45, 2.75) is 6.54 Å². The topological polar surface area (TPSA) is 65.1 Å². The summed E-state index contributed by atoms with van der Waals surface area (Å²) < 4.78 is 1.81. The van der Waals surface area contributed by atoms with Crippen LogP contribution in [-0.2, 0) is 6.54 Å². The van der Waals surface area contributed by atoms with E-state index in [4.69, 9.17) is 0 Å². The van der Waals surface area contributed by atoms with E-state index in [0.29, 0.717) is 12.1 Å². The Morgan fingerprint density at radius 3 is 2.82 bits per heavy atom. The molecule has 0 aliphatic rings. The fourth-order valence-corrected chi connectivity index (χ4v) is 1.61. The summed E-state index contributed by atoms with van der Waals surface area (Å²) in [6.07, 6.45) is 4.23. The highest BCUT2D eigenvalue weighted by atomic mass is 16.6. The zero-order chi connectivity index (χ0) is 12.3. The molecule has 0 N–H and O–H groups in total. The summed E-state index contributed by atoms with van der Waals surface area (Å²) in [6.45, 7) is 0.509. The summed E-state index contributed by atoms with van der Waals surface area (Å²) in [5.74, 6) is 0. The van der Waals surface area contributed by atoms with E-state index < -0.39 is 4.92 Å². The molecule has 0 amide bonds. The second-order valence-corrected chi connectivity index (χ2v) is 3.66. The monoisotopic (exact) mass is 230 g/mol. The first-order chi connectivity index (χ1) is 8.19. The van der Waals surface area contributed by atoms with Crippen LogP contribution in [0.3, 0.4) is 0 Å². The fourth-order valence-electron chi connectivity index (χ4n) is 1.61. The number of carbonyl (C=O) groups excluding carboxylic acids is 1. The molecule has 0 atom stereocenters. The van der Waals surface area contributed by atoms with Gasteiger partial charge < -0.3 is 4.57 Å². The highest BCUT2D eigenvalue weighted by Crippen LogP contribution is 2.14. The van der Waals surface area contributed by atoms with Gasteiger partial charge in [0.1, 0.15) is 0 Å². The van der Waals surface area contributed by atoms with Gasteiger partial charge >= 0.3 is 0 Å². The van der Waals surface area contributed by atoms with Gasteiger partial charge in [0.2, 0.25) is 0 Å². The number of nitrogens with zero attached hydrogens (tertiary/aromatic N) is 2. The second kappa shape index (κ2) is 4.61. The molecule has 5 heteroatoms.